The minimum Gasteiger partial charge on any atom is -0.0847 e. The van der Waals surface area contributed by atoms with Gasteiger partial charge < -0.3 is 0 Å². The molecule has 0 nitrogen and oxygen atoms in total. The molecule has 11 heavy (non-hydrogen) atoms. The molecule has 0 heterocycles. The van der Waals surface area contributed by atoms with Gasteiger partial charge in [0.15, 0.2) is 0 Å². The second kappa shape index (κ2) is 2.66. The van der Waals surface area contributed by atoms with E-state index < -0.39 is 0 Å². The number of allylic oxidation sites excluding steroid dienone is 2. The van der Waals surface area contributed by atoms with Crippen molar-refractivity contribution in [3.63, 3.8) is 0 Å². The zero-order chi connectivity index (χ0) is 7.84. The van der Waals surface area contributed by atoms with E-state index in [1.807, 2.05) is 0 Å². The van der Waals surface area contributed by atoms with Gasteiger partial charge in [-0.2, -0.15) is 0 Å². The van der Waals surface area contributed by atoms with Gasteiger partial charge in [-0.15, -0.1) is 0 Å². The van der Waals surface area contributed by atoms with Crippen LogP contribution < -0.4 is 0 Å². The van der Waals surface area contributed by atoms with Crippen molar-refractivity contribution in [3.8, 4) is 0 Å². The fourth-order valence-corrected chi connectivity index (χ4v) is 2.50. The normalized spacial score (nSPS) is 35.0. The molecular formula is C11H18. The lowest BCUT2D eigenvalue weighted by molar-refractivity contribution is 0.231. The summed E-state index contributed by atoms with van der Waals surface area (Å²) in [5.74, 6) is 2.96. The highest BCUT2D eigenvalue weighted by Gasteiger charge is 2.36. The van der Waals surface area contributed by atoms with Crippen LogP contribution in [0.15, 0.2) is 11.6 Å². The van der Waals surface area contributed by atoms with Gasteiger partial charge in [-0.3, -0.25) is 0 Å². The van der Waals surface area contributed by atoms with E-state index in [9.17, 15) is 0 Å². The Hall–Kier alpha value is -0.260. The molecule has 0 N–H and O–H groups in total. The van der Waals surface area contributed by atoms with Crippen LogP contribution >= 0.6 is 0 Å². The van der Waals surface area contributed by atoms with Crippen LogP contribution in [0.5, 0.6) is 0 Å². The highest BCUT2D eigenvalue weighted by atomic mass is 14.4. The molecule has 2 aliphatic carbocycles. The maximum atomic E-state index is 2.52. The first-order chi connectivity index (χ1) is 5.27. The molecule has 0 heteroatoms. The minimum atomic E-state index is 0.862. The second-order valence-corrected chi connectivity index (χ2v) is 4.56. The van der Waals surface area contributed by atoms with E-state index in [2.05, 4.69) is 19.9 Å². The third-order valence-corrected chi connectivity index (χ3v) is 3.22. The Bertz CT molecular complexity index is 176. The van der Waals surface area contributed by atoms with Gasteiger partial charge in [0.25, 0.3) is 0 Å². The molecule has 0 saturated heterocycles. The first-order valence-electron chi connectivity index (χ1n) is 4.96. The summed E-state index contributed by atoms with van der Waals surface area (Å²) >= 11 is 0. The van der Waals surface area contributed by atoms with Crippen molar-refractivity contribution in [1.82, 2.24) is 0 Å². The van der Waals surface area contributed by atoms with Crippen molar-refractivity contribution < 1.29 is 0 Å². The molecule has 1 saturated carbocycles. The predicted molar refractivity (Wildman–Crippen MR) is 48.4 cm³/mol. The molecule has 0 bridgehead atoms. The van der Waals surface area contributed by atoms with Crippen molar-refractivity contribution in [2.45, 2.75) is 39.5 Å². The highest BCUT2D eigenvalue weighted by molar-refractivity contribution is 5.19. The monoisotopic (exact) mass is 150 g/mol. The van der Waals surface area contributed by atoms with Gasteiger partial charge in [-0.1, -0.05) is 25.5 Å². The van der Waals surface area contributed by atoms with E-state index in [1.54, 1.807) is 5.57 Å². The zero-order valence-corrected chi connectivity index (χ0v) is 7.64. The van der Waals surface area contributed by atoms with Crippen LogP contribution in [0, 0.1) is 17.8 Å². The van der Waals surface area contributed by atoms with Crippen LogP contribution in [0.2, 0.25) is 0 Å². The van der Waals surface area contributed by atoms with Crippen molar-refractivity contribution in [3.05, 3.63) is 11.6 Å². The predicted octanol–water partition coefficient (Wildman–Crippen LogP) is 3.39. The Morgan fingerprint density at radius 1 is 1.45 bits per heavy atom. The van der Waals surface area contributed by atoms with Gasteiger partial charge in [0.05, 0.1) is 0 Å². The third-order valence-electron chi connectivity index (χ3n) is 3.22. The smallest absolute Gasteiger partial charge is 0.0172 e. The Morgan fingerprint density at radius 3 is 2.73 bits per heavy atom. The number of rotatable bonds is 2. The lowest BCUT2D eigenvalue weighted by atomic mass is 9.72. The second-order valence-electron chi connectivity index (χ2n) is 4.56. The van der Waals surface area contributed by atoms with Crippen LogP contribution in [0.1, 0.15) is 39.5 Å². The molecule has 0 amide bonds. The van der Waals surface area contributed by atoms with Crippen LogP contribution in [0.25, 0.3) is 0 Å². The molecule has 1 fully saturated rings. The van der Waals surface area contributed by atoms with Crippen molar-refractivity contribution in [2.24, 2.45) is 17.8 Å². The molecule has 2 aliphatic rings. The van der Waals surface area contributed by atoms with Gasteiger partial charge in [-0.05, 0) is 43.4 Å². The Balaban J connectivity index is 1.94. The third kappa shape index (κ3) is 1.23. The van der Waals surface area contributed by atoms with E-state index in [4.69, 9.17) is 0 Å². The SMILES string of the molecule is CC(C)CC1=CCC2CCC12. The Morgan fingerprint density at radius 2 is 2.27 bits per heavy atom. The van der Waals surface area contributed by atoms with Gasteiger partial charge in [0.2, 0.25) is 0 Å². The molecule has 0 aromatic heterocycles. The van der Waals surface area contributed by atoms with Gasteiger partial charge in [0.1, 0.15) is 0 Å². The number of hydrogen-bond donors (Lipinski definition) is 0. The van der Waals surface area contributed by atoms with Gasteiger partial charge >= 0.3 is 0 Å². The van der Waals surface area contributed by atoms with Crippen molar-refractivity contribution >= 4 is 0 Å². The molecule has 2 unspecified atom stereocenters. The molecular weight excluding hydrogens is 132 g/mol. The largest absolute Gasteiger partial charge is 0.0847 e. The Kier molecular flexibility index (Phi) is 1.78. The summed E-state index contributed by atoms with van der Waals surface area (Å²) in [6.45, 7) is 4.65. The van der Waals surface area contributed by atoms with Crippen molar-refractivity contribution in [1.29, 1.82) is 0 Å². The van der Waals surface area contributed by atoms with E-state index in [0.29, 0.717) is 0 Å². The first kappa shape index (κ1) is 7.39. The number of fused-ring (bicyclic) bond motifs is 1. The van der Waals surface area contributed by atoms with Crippen LogP contribution in [-0.2, 0) is 0 Å². The summed E-state index contributed by atoms with van der Waals surface area (Å²) in [7, 11) is 0. The summed E-state index contributed by atoms with van der Waals surface area (Å²) in [6, 6.07) is 0. The summed E-state index contributed by atoms with van der Waals surface area (Å²) in [6.07, 6.45) is 8.27. The molecule has 62 valence electrons. The lowest BCUT2D eigenvalue weighted by Gasteiger charge is -2.33. The first-order valence-corrected chi connectivity index (χ1v) is 4.96. The maximum absolute atomic E-state index is 2.52. The minimum absolute atomic E-state index is 0.862. The fourth-order valence-electron chi connectivity index (χ4n) is 2.50. The van der Waals surface area contributed by atoms with Gasteiger partial charge in [0, 0.05) is 0 Å². The zero-order valence-electron chi connectivity index (χ0n) is 7.64. The van der Waals surface area contributed by atoms with E-state index in [1.165, 1.54) is 25.7 Å². The molecule has 0 aromatic carbocycles. The molecule has 0 aliphatic heterocycles. The average Bonchev–Trinajstić information content (AvgIpc) is 2.05. The lowest BCUT2D eigenvalue weighted by Crippen LogP contribution is -2.22. The summed E-state index contributed by atoms with van der Waals surface area (Å²) < 4.78 is 0. The molecule has 2 rings (SSSR count). The maximum Gasteiger partial charge on any atom is -0.0172 e. The number of hydrogen-bond acceptors (Lipinski definition) is 0. The van der Waals surface area contributed by atoms with Crippen LogP contribution in [0.4, 0.5) is 0 Å². The van der Waals surface area contributed by atoms with E-state index in [0.717, 1.165) is 17.8 Å². The standard InChI is InChI=1S/C11H18/c1-8(2)7-10-4-3-9-5-6-11(9)10/h4,8-9,11H,3,5-7H2,1-2H3. The van der Waals surface area contributed by atoms with E-state index >= 15 is 0 Å². The van der Waals surface area contributed by atoms with Crippen LogP contribution in [0.3, 0.4) is 0 Å². The fraction of sp³-hybridized carbons (Fsp3) is 0.818. The molecule has 2 atom stereocenters. The van der Waals surface area contributed by atoms with Crippen LogP contribution in [-0.4, -0.2) is 0 Å². The molecule has 0 aromatic rings. The molecule has 0 radical (unpaired) electrons. The summed E-state index contributed by atoms with van der Waals surface area (Å²) in [5, 5.41) is 0. The average molecular weight is 150 g/mol. The quantitative estimate of drug-likeness (QED) is 0.529. The van der Waals surface area contributed by atoms with E-state index in [-0.39, 0.29) is 0 Å². The highest BCUT2D eigenvalue weighted by Crippen LogP contribution is 2.48. The topological polar surface area (TPSA) is 0 Å². The molecule has 0 spiro atoms. The summed E-state index contributed by atoms with van der Waals surface area (Å²) in [4.78, 5) is 0. The summed E-state index contributed by atoms with van der Waals surface area (Å²) in [5.41, 5.74) is 1.79. The Labute approximate surface area is 69.7 Å². The van der Waals surface area contributed by atoms with Gasteiger partial charge in [-0.25, -0.2) is 0 Å². The van der Waals surface area contributed by atoms with Crippen molar-refractivity contribution in [2.75, 3.05) is 0 Å².